The number of hydrogen-bond donors (Lipinski definition) is 2. The second kappa shape index (κ2) is 7.58. The molecule has 3 rings (SSSR count). The number of carbonyl (C=O) groups is 1. The zero-order valence-electron chi connectivity index (χ0n) is 14.4. The Morgan fingerprint density at radius 1 is 1.33 bits per heavy atom. The third-order valence-corrected chi connectivity index (χ3v) is 4.71. The van der Waals surface area contributed by atoms with Crippen LogP contribution in [0.1, 0.15) is 51.5 Å². The molecule has 4 nitrogen and oxygen atoms in total. The van der Waals surface area contributed by atoms with Crippen LogP contribution in [0.15, 0.2) is 36.5 Å². The minimum absolute atomic E-state index is 0.0272. The summed E-state index contributed by atoms with van der Waals surface area (Å²) in [6.45, 7) is 6.63. The van der Waals surface area contributed by atoms with Crippen LogP contribution in [0.4, 0.5) is 0 Å². The Morgan fingerprint density at radius 2 is 2.21 bits per heavy atom. The van der Waals surface area contributed by atoms with E-state index in [4.69, 9.17) is 0 Å². The number of benzene rings is 1. The lowest BCUT2D eigenvalue weighted by Gasteiger charge is -2.23. The number of hydrogen-bond acceptors (Lipinski definition) is 3. The van der Waals surface area contributed by atoms with Gasteiger partial charge in [-0.15, -0.1) is 0 Å². The molecule has 2 heterocycles. The van der Waals surface area contributed by atoms with Crippen LogP contribution in [0.25, 0.3) is 0 Å². The minimum Gasteiger partial charge on any atom is -0.348 e. The van der Waals surface area contributed by atoms with Crippen LogP contribution < -0.4 is 10.6 Å². The van der Waals surface area contributed by atoms with Gasteiger partial charge in [0.15, 0.2) is 0 Å². The van der Waals surface area contributed by atoms with E-state index < -0.39 is 0 Å². The number of aryl methyl sites for hydroxylation is 2. The summed E-state index contributed by atoms with van der Waals surface area (Å²) < 4.78 is 0. The maximum absolute atomic E-state index is 12.5. The molecule has 1 atom stereocenters. The monoisotopic (exact) mass is 323 g/mol. The molecule has 1 saturated heterocycles. The average Bonchev–Trinajstić information content (AvgIpc) is 2.61. The number of rotatable bonds is 4. The van der Waals surface area contributed by atoms with Gasteiger partial charge >= 0.3 is 0 Å². The smallest absolute Gasteiger partial charge is 0.251 e. The zero-order chi connectivity index (χ0) is 16.9. The van der Waals surface area contributed by atoms with Gasteiger partial charge in [-0.1, -0.05) is 12.1 Å². The van der Waals surface area contributed by atoms with Gasteiger partial charge in [0.1, 0.15) is 0 Å². The minimum atomic E-state index is -0.0272. The van der Waals surface area contributed by atoms with Crippen molar-refractivity contribution in [3.05, 3.63) is 64.5 Å². The Labute approximate surface area is 143 Å². The lowest BCUT2D eigenvalue weighted by molar-refractivity contribution is 0.0950. The molecule has 4 heteroatoms. The van der Waals surface area contributed by atoms with Crippen molar-refractivity contribution in [2.75, 3.05) is 13.1 Å². The molecule has 2 aromatic rings. The topological polar surface area (TPSA) is 54.0 Å². The van der Waals surface area contributed by atoms with Crippen LogP contribution in [-0.2, 0) is 6.54 Å². The number of nitrogens with zero attached hydrogens (tertiary/aromatic N) is 1. The third kappa shape index (κ3) is 4.01. The van der Waals surface area contributed by atoms with Crippen molar-refractivity contribution in [2.45, 2.75) is 39.2 Å². The largest absolute Gasteiger partial charge is 0.348 e. The molecule has 1 aliphatic heterocycles. The zero-order valence-corrected chi connectivity index (χ0v) is 14.4. The fraction of sp³-hybridized carbons (Fsp3) is 0.400. The molecule has 126 valence electrons. The van der Waals surface area contributed by atoms with E-state index in [0.29, 0.717) is 12.5 Å². The molecular weight excluding hydrogens is 298 g/mol. The van der Waals surface area contributed by atoms with Crippen molar-refractivity contribution < 1.29 is 4.79 Å². The van der Waals surface area contributed by atoms with Crippen molar-refractivity contribution in [2.24, 2.45) is 0 Å². The van der Waals surface area contributed by atoms with E-state index in [0.717, 1.165) is 35.5 Å². The van der Waals surface area contributed by atoms with Crippen LogP contribution in [0, 0.1) is 13.8 Å². The number of pyridine rings is 1. The van der Waals surface area contributed by atoms with Crippen molar-refractivity contribution in [3.8, 4) is 0 Å². The summed E-state index contributed by atoms with van der Waals surface area (Å²) in [5.74, 6) is 0.482. The summed E-state index contributed by atoms with van der Waals surface area (Å²) in [7, 11) is 0. The van der Waals surface area contributed by atoms with Crippen LogP contribution in [0.3, 0.4) is 0 Å². The highest BCUT2D eigenvalue weighted by Gasteiger charge is 2.16. The Hall–Kier alpha value is -2.20. The molecule has 1 aromatic carbocycles. The molecule has 2 N–H and O–H groups in total. The normalized spacial score (nSPS) is 17.5. The molecular formula is C20H25N3O. The Kier molecular flexibility index (Phi) is 5.26. The van der Waals surface area contributed by atoms with E-state index >= 15 is 0 Å². The Morgan fingerprint density at radius 3 is 2.96 bits per heavy atom. The number of nitrogens with one attached hydrogen (secondary N) is 2. The van der Waals surface area contributed by atoms with Gasteiger partial charge in [-0.2, -0.15) is 0 Å². The molecule has 0 aliphatic carbocycles. The van der Waals surface area contributed by atoms with E-state index in [1.54, 1.807) is 0 Å². The molecule has 1 aliphatic rings. The standard InChI is InChI=1S/C20H25N3O/c1-14-9-15(2)22-12-19(14)13-23-20(24)17-6-3-5-16(10-17)18-7-4-8-21-11-18/h3,5-6,9-10,12,18,21H,4,7-8,11,13H2,1-2H3,(H,23,24)/t18-/m1/s1. The summed E-state index contributed by atoms with van der Waals surface area (Å²) in [4.78, 5) is 16.8. The summed E-state index contributed by atoms with van der Waals surface area (Å²) in [5, 5.41) is 6.44. The summed E-state index contributed by atoms with van der Waals surface area (Å²) in [6.07, 6.45) is 4.22. The van der Waals surface area contributed by atoms with Crippen LogP contribution in [0.2, 0.25) is 0 Å². The van der Waals surface area contributed by atoms with Gasteiger partial charge < -0.3 is 10.6 Å². The van der Waals surface area contributed by atoms with E-state index in [2.05, 4.69) is 21.7 Å². The average molecular weight is 323 g/mol. The second-order valence-electron chi connectivity index (χ2n) is 6.60. The van der Waals surface area contributed by atoms with Gasteiger partial charge in [0.05, 0.1) is 0 Å². The van der Waals surface area contributed by atoms with Crippen molar-refractivity contribution in [1.82, 2.24) is 15.6 Å². The SMILES string of the molecule is Cc1cc(C)c(CNC(=O)c2cccc([C@@H]3CCCNC3)c2)cn1. The van der Waals surface area contributed by atoms with Gasteiger partial charge in [-0.3, -0.25) is 9.78 Å². The van der Waals surface area contributed by atoms with Gasteiger partial charge in [0.2, 0.25) is 0 Å². The predicted molar refractivity (Wildman–Crippen MR) is 96.2 cm³/mol. The van der Waals surface area contributed by atoms with Crippen molar-refractivity contribution >= 4 is 5.91 Å². The lowest BCUT2D eigenvalue weighted by atomic mass is 9.90. The molecule has 0 radical (unpaired) electrons. The summed E-state index contributed by atoms with van der Waals surface area (Å²) in [6, 6.07) is 10.1. The Balaban J connectivity index is 1.66. The highest BCUT2D eigenvalue weighted by atomic mass is 16.1. The number of carbonyl (C=O) groups excluding carboxylic acids is 1. The molecule has 1 aromatic heterocycles. The molecule has 1 fully saturated rings. The van der Waals surface area contributed by atoms with E-state index in [1.807, 2.05) is 44.3 Å². The quantitative estimate of drug-likeness (QED) is 0.909. The van der Waals surface area contributed by atoms with E-state index in [9.17, 15) is 4.79 Å². The van der Waals surface area contributed by atoms with Crippen LogP contribution >= 0.6 is 0 Å². The summed E-state index contributed by atoms with van der Waals surface area (Å²) in [5.41, 5.74) is 5.20. The van der Waals surface area contributed by atoms with Crippen LogP contribution in [-0.4, -0.2) is 24.0 Å². The van der Waals surface area contributed by atoms with Gasteiger partial charge in [-0.05, 0) is 74.0 Å². The van der Waals surface area contributed by atoms with Crippen molar-refractivity contribution in [1.29, 1.82) is 0 Å². The van der Waals surface area contributed by atoms with E-state index in [-0.39, 0.29) is 5.91 Å². The van der Waals surface area contributed by atoms with Gasteiger partial charge in [-0.25, -0.2) is 0 Å². The number of piperidine rings is 1. The molecule has 1 amide bonds. The maximum Gasteiger partial charge on any atom is 0.251 e. The van der Waals surface area contributed by atoms with Crippen LogP contribution in [0.5, 0.6) is 0 Å². The molecule has 0 spiro atoms. The van der Waals surface area contributed by atoms with E-state index in [1.165, 1.54) is 18.4 Å². The molecule has 0 bridgehead atoms. The molecule has 24 heavy (non-hydrogen) atoms. The fourth-order valence-corrected chi connectivity index (χ4v) is 3.26. The number of aromatic nitrogens is 1. The Bertz CT molecular complexity index is 721. The second-order valence-corrected chi connectivity index (χ2v) is 6.60. The maximum atomic E-state index is 12.5. The third-order valence-electron chi connectivity index (χ3n) is 4.71. The highest BCUT2D eigenvalue weighted by molar-refractivity contribution is 5.94. The molecule has 0 saturated carbocycles. The first-order chi connectivity index (χ1) is 11.6. The number of amides is 1. The fourth-order valence-electron chi connectivity index (χ4n) is 3.26. The first kappa shape index (κ1) is 16.7. The van der Waals surface area contributed by atoms with Crippen molar-refractivity contribution in [3.63, 3.8) is 0 Å². The lowest BCUT2D eigenvalue weighted by Crippen LogP contribution is -2.28. The first-order valence-corrected chi connectivity index (χ1v) is 8.64. The van der Waals surface area contributed by atoms with Gasteiger partial charge in [0, 0.05) is 30.5 Å². The predicted octanol–water partition coefficient (Wildman–Crippen LogP) is 3.10. The highest BCUT2D eigenvalue weighted by Crippen LogP contribution is 2.23. The van der Waals surface area contributed by atoms with Gasteiger partial charge in [0.25, 0.3) is 5.91 Å². The molecule has 0 unspecified atom stereocenters. The first-order valence-electron chi connectivity index (χ1n) is 8.64. The summed E-state index contributed by atoms with van der Waals surface area (Å²) >= 11 is 0.